The first kappa shape index (κ1) is 24.1. The molecule has 1 heterocycles. The van der Waals surface area contributed by atoms with Crippen LogP contribution in [0.2, 0.25) is 0 Å². The lowest BCUT2D eigenvalue weighted by atomic mass is 9.80. The zero-order chi connectivity index (χ0) is 23.1. The highest BCUT2D eigenvalue weighted by Crippen LogP contribution is 2.40. The number of nitrogens with zero attached hydrogens (tertiary/aromatic N) is 1. The number of benzene rings is 1. The normalized spacial score (nSPS) is 15.9. The summed E-state index contributed by atoms with van der Waals surface area (Å²) < 4.78 is 10.3. The van der Waals surface area contributed by atoms with E-state index < -0.39 is 22.8 Å². The Hall–Kier alpha value is -3.14. The number of methoxy groups -OCH3 is 1. The SMILES string of the molecule is COC(=O)C1=C(C)NC(C)=C(C(=O)OCCCSC(C)=O)C1c1cccc([N+](=O)[O-])c1. The van der Waals surface area contributed by atoms with Crippen molar-refractivity contribution in [2.45, 2.75) is 33.1 Å². The Kier molecular flexibility index (Phi) is 8.38. The summed E-state index contributed by atoms with van der Waals surface area (Å²) >= 11 is 1.14. The van der Waals surface area contributed by atoms with Crippen molar-refractivity contribution in [2.24, 2.45) is 0 Å². The maximum absolute atomic E-state index is 13.0. The van der Waals surface area contributed by atoms with Gasteiger partial charge in [0.1, 0.15) is 0 Å². The van der Waals surface area contributed by atoms with Crippen molar-refractivity contribution in [2.75, 3.05) is 19.5 Å². The zero-order valence-electron chi connectivity index (χ0n) is 17.7. The van der Waals surface area contributed by atoms with E-state index in [9.17, 15) is 24.5 Å². The first-order chi connectivity index (χ1) is 14.7. The summed E-state index contributed by atoms with van der Waals surface area (Å²) in [6, 6.07) is 5.77. The van der Waals surface area contributed by atoms with Gasteiger partial charge in [-0.25, -0.2) is 9.59 Å². The standard InChI is InChI=1S/C21H24N2O7S/c1-12-17(20(25)29-4)19(15-7-5-8-16(11-15)23(27)28)18(13(2)22-12)21(26)30-9-6-10-31-14(3)24/h5,7-8,11,19,22H,6,9-10H2,1-4H3. The molecule has 10 heteroatoms. The molecule has 2 rings (SSSR count). The van der Waals surface area contributed by atoms with Crippen LogP contribution in [0.4, 0.5) is 5.69 Å². The number of allylic oxidation sites excluding steroid dienone is 2. The van der Waals surface area contributed by atoms with Crippen LogP contribution in [0, 0.1) is 10.1 Å². The van der Waals surface area contributed by atoms with Gasteiger partial charge >= 0.3 is 11.9 Å². The number of carbonyl (C=O) groups is 3. The molecule has 0 spiro atoms. The van der Waals surface area contributed by atoms with E-state index in [0.29, 0.717) is 29.1 Å². The third kappa shape index (κ3) is 5.94. The summed E-state index contributed by atoms with van der Waals surface area (Å²) in [6.45, 7) is 4.89. The van der Waals surface area contributed by atoms with Crippen LogP contribution in [0.1, 0.15) is 38.7 Å². The molecule has 1 atom stereocenters. The number of carbonyl (C=O) groups excluding carboxylic acids is 3. The van der Waals surface area contributed by atoms with Gasteiger partial charge < -0.3 is 14.8 Å². The molecular formula is C21H24N2O7S. The Balaban J connectivity index is 2.41. The summed E-state index contributed by atoms with van der Waals surface area (Å²) in [5.41, 5.74) is 1.54. The average molecular weight is 448 g/mol. The van der Waals surface area contributed by atoms with Gasteiger partial charge in [-0.1, -0.05) is 23.9 Å². The third-order valence-electron chi connectivity index (χ3n) is 4.63. The number of dihydropyridines is 1. The molecule has 9 nitrogen and oxygen atoms in total. The van der Waals surface area contributed by atoms with Crippen molar-refractivity contribution in [3.8, 4) is 0 Å². The van der Waals surface area contributed by atoms with Crippen molar-refractivity contribution in [1.82, 2.24) is 5.32 Å². The van der Waals surface area contributed by atoms with Crippen molar-refractivity contribution >= 4 is 34.5 Å². The van der Waals surface area contributed by atoms with Gasteiger partial charge in [0, 0.05) is 36.2 Å². The van der Waals surface area contributed by atoms with E-state index in [0.717, 1.165) is 11.8 Å². The van der Waals surface area contributed by atoms with Gasteiger partial charge in [-0.15, -0.1) is 0 Å². The Labute approximate surface area is 184 Å². The summed E-state index contributed by atoms with van der Waals surface area (Å²) in [5.74, 6) is -1.69. The fourth-order valence-electron chi connectivity index (χ4n) is 3.31. The number of nitrogens with one attached hydrogen (secondary N) is 1. The van der Waals surface area contributed by atoms with Crippen LogP contribution in [0.15, 0.2) is 46.8 Å². The van der Waals surface area contributed by atoms with Crippen LogP contribution >= 0.6 is 11.8 Å². The molecule has 1 aliphatic heterocycles. The first-order valence-electron chi connectivity index (χ1n) is 9.49. The third-order valence-corrected chi connectivity index (χ3v) is 5.53. The van der Waals surface area contributed by atoms with Crippen LogP contribution in [-0.2, 0) is 23.9 Å². The number of nitro benzene ring substituents is 1. The van der Waals surface area contributed by atoms with Crippen molar-refractivity contribution in [3.63, 3.8) is 0 Å². The molecule has 0 saturated heterocycles. The maximum Gasteiger partial charge on any atom is 0.336 e. The van der Waals surface area contributed by atoms with Gasteiger partial charge in [-0.2, -0.15) is 0 Å². The predicted octanol–water partition coefficient (Wildman–Crippen LogP) is 3.22. The van der Waals surface area contributed by atoms with E-state index in [2.05, 4.69) is 5.32 Å². The number of rotatable bonds is 8. The van der Waals surface area contributed by atoms with Gasteiger partial charge in [0.05, 0.1) is 35.7 Å². The monoisotopic (exact) mass is 448 g/mol. The highest BCUT2D eigenvalue weighted by atomic mass is 32.2. The Bertz CT molecular complexity index is 968. The minimum absolute atomic E-state index is 0.0181. The molecule has 0 fully saturated rings. The number of nitro groups is 1. The van der Waals surface area contributed by atoms with Gasteiger partial charge in [-0.05, 0) is 25.8 Å². The quantitative estimate of drug-likeness (QED) is 0.276. The van der Waals surface area contributed by atoms with Crippen LogP contribution in [0.25, 0.3) is 0 Å². The molecule has 1 aromatic carbocycles. The average Bonchev–Trinajstić information content (AvgIpc) is 2.72. The van der Waals surface area contributed by atoms with Crippen molar-refractivity contribution in [1.29, 1.82) is 0 Å². The van der Waals surface area contributed by atoms with Crippen LogP contribution in [0.5, 0.6) is 0 Å². The van der Waals surface area contributed by atoms with E-state index in [1.807, 2.05) is 0 Å². The van der Waals surface area contributed by atoms with Gasteiger partial charge in [0.25, 0.3) is 5.69 Å². The predicted molar refractivity (Wildman–Crippen MR) is 115 cm³/mol. The van der Waals surface area contributed by atoms with Crippen LogP contribution < -0.4 is 5.32 Å². The highest BCUT2D eigenvalue weighted by Gasteiger charge is 2.38. The molecule has 0 amide bonds. The van der Waals surface area contributed by atoms with Crippen LogP contribution in [-0.4, -0.2) is 41.4 Å². The highest BCUT2D eigenvalue weighted by molar-refractivity contribution is 8.13. The minimum Gasteiger partial charge on any atom is -0.466 e. The fourth-order valence-corrected chi connectivity index (χ4v) is 3.86. The molecule has 0 saturated carbocycles. The van der Waals surface area contributed by atoms with E-state index in [-0.39, 0.29) is 28.6 Å². The molecular weight excluding hydrogens is 424 g/mol. The summed E-state index contributed by atoms with van der Waals surface area (Å²) in [6.07, 6.45) is 0.482. The van der Waals surface area contributed by atoms with Gasteiger partial charge in [0.15, 0.2) is 5.12 Å². The topological polar surface area (TPSA) is 125 Å². The van der Waals surface area contributed by atoms with Crippen molar-refractivity contribution < 1.29 is 28.8 Å². The van der Waals surface area contributed by atoms with Gasteiger partial charge in [-0.3, -0.25) is 14.9 Å². The Morgan fingerprint density at radius 1 is 1.16 bits per heavy atom. The summed E-state index contributed by atoms with van der Waals surface area (Å²) in [7, 11) is 1.23. The molecule has 31 heavy (non-hydrogen) atoms. The minimum atomic E-state index is -0.896. The lowest BCUT2D eigenvalue weighted by molar-refractivity contribution is -0.384. The summed E-state index contributed by atoms with van der Waals surface area (Å²) in [5, 5.41) is 14.2. The number of hydrogen-bond donors (Lipinski definition) is 1. The van der Waals surface area contributed by atoms with Crippen LogP contribution in [0.3, 0.4) is 0 Å². The number of esters is 2. The van der Waals surface area contributed by atoms with E-state index in [1.54, 1.807) is 19.9 Å². The molecule has 1 N–H and O–H groups in total. The number of hydrogen-bond acceptors (Lipinski definition) is 9. The Morgan fingerprint density at radius 2 is 1.81 bits per heavy atom. The molecule has 1 aromatic rings. The van der Waals surface area contributed by atoms with E-state index in [4.69, 9.17) is 9.47 Å². The second kappa shape index (κ2) is 10.8. The first-order valence-corrected chi connectivity index (χ1v) is 10.5. The zero-order valence-corrected chi connectivity index (χ0v) is 18.5. The van der Waals surface area contributed by atoms with E-state index in [1.165, 1.54) is 32.2 Å². The number of ether oxygens (including phenoxy) is 2. The fraction of sp³-hybridized carbons (Fsp3) is 0.381. The number of non-ortho nitro benzene ring substituents is 1. The second-order valence-electron chi connectivity index (χ2n) is 6.81. The molecule has 0 aliphatic carbocycles. The van der Waals surface area contributed by atoms with E-state index >= 15 is 0 Å². The molecule has 166 valence electrons. The maximum atomic E-state index is 13.0. The largest absolute Gasteiger partial charge is 0.466 e. The molecule has 1 aliphatic rings. The lowest BCUT2D eigenvalue weighted by Gasteiger charge is -2.30. The molecule has 0 radical (unpaired) electrons. The second-order valence-corrected chi connectivity index (χ2v) is 8.08. The van der Waals surface area contributed by atoms with Gasteiger partial charge in [0.2, 0.25) is 0 Å². The molecule has 1 unspecified atom stereocenters. The molecule has 0 aromatic heterocycles. The Morgan fingerprint density at radius 3 is 2.39 bits per heavy atom. The molecule has 0 bridgehead atoms. The summed E-state index contributed by atoms with van der Waals surface area (Å²) in [4.78, 5) is 47.3. The lowest BCUT2D eigenvalue weighted by Crippen LogP contribution is -2.32. The van der Waals surface area contributed by atoms with Crippen molar-refractivity contribution in [3.05, 3.63) is 62.5 Å². The smallest absolute Gasteiger partial charge is 0.336 e. The number of thioether (sulfide) groups is 1.